The molecule has 0 bridgehead atoms. The van der Waals surface area contributed by atoms with Crippen molar-refractivity contribution < 1.29 is 4.42 Å². The number of amidine groups is 1. The number of rotatable bonds is 5. The molecular formula is C47H33N3O. The molecule has 1 aliphatic rings. The summed E-state index contributed by atoms with van der Waals surface area (Å²) in [6, 6.07) is 62.2. The van der Waals surface area contributed by atoms with Crippen molar-refractivity contribution in [2.45, 2.75) is 12.3 Å². The van der Waals surface area contributed by atoms with Crippen LogP contribution in [0.5, 0.6) is 0 Å². The lowest BCUT2D eigenvalue weighted by Crippen LogP contribution is -2.45. The van der Waals surface area contributed by atoms with E-state index in [2.05, 4.69) is 180 Å². The number of hydrogen-bond acceptors (Lipinski definition) is 4. The predicted octanol–water partition coefficient (Wildman–Crippen LogP) is 11.6. The monoisotopic (exact) mass is 655 g/mol. The van der Waals surface area contributed by atoms with Gasteiger partial charge in [0.1, 0.15) is 29.3 Å². The Balaban J connectivity index is 1.05. The van der Waals surface area contributed by atoms with Crippen LogP contribution in [0.2, 0.25) is 0 Å². The summed E-state index contributed by atoms with van der Waals surface area (Å²) in [4.78, 5) is 5.29. The van der Waals surface area contributed by atoms with E-state index < -0.39 is 0 Å². The number of aliphatic imine (C=N–C) groups is 1. The molecule has 1 aliphatic heterocycles. The average molecular weight is 656 g/mol. The van der Waals surface area contributed by atoms with E-state index in [4.69, 9.17) is 9.41 Å². The van der Waals surface area contributed by atoms with Gasteiger partial charge in [0.15, 0.2) is 0 Å². The number of nitrogens with zero attached hydrogens (tertiary/aromatic N) is 1. The first-order valence-corrected chi connectivity index (χ1v) is 17.4. The summed E-state index contributed by atoms with van der Waals surface area (Å²) in [7, 11) is 0. The lowest BCUT2D eigenvalue weighted by Gasteiger charge is -2.32. The zero-order chi connectivity index (χ0) is 33.7. The van der Waals surface area contributed by atoms with Crippen LogP contribution in [0.4, 0.5) is 0 Å². The predicted molar refractivity (Wildman–Crippen MR) is 211 cm³/mol. The van der Waals surface area contributed by atoms with E-state index in [1.165, 1.54) is 38.2 Å². The minimum atomic E-state index is -0.313. The van der Waals surface area contributed by atoms with Crippen molar-refractivity contribution in [3.05, 3.63) is 193 Å². The van der Waals surface area contributed by atoms with Gasteiger partial charge in [-0.2, -0.15) is 0 Å². The Morgan fingerprint density at radius 1 is 0.471 bits per heavy atom. The van der Waals surface area contributed by atoms with Gasteiger partial charge < -0.3 is 9.73 Å². The van der Waals surface area contributed by atoms with Crippen LogP contribution in [0.15, 0.2) is 185 Å². The molecule has 242 valence electrons. The SMILES string of the molecule is c1ccc(C2=NC(c3cccc4oc5cc(-c6cccc7ccccc67)ccc5c34)NC(c3ccc(-c4cccc5ccccc45)cc3)N2)cc1. The summed E-state index contributed by atoms with van der Waals surface area (Å²) in [6.07, 6.45) is -0.484. The molecule has 8 aromatic carbocycles. The Morgan fingerprint density at radius 2 is 1.10 bits per heavy atom. The molecule has 0 saturated heterocycles. The Hall–Kier alpha value is -6.49. The van der Waals surface area contributed by atoms with Gasteiger partial charge in [0.05, 0.1) is 0 Å². The van der Waals surface area contributed by atoms with Crippen LogP contribution in [-0.2, 0) is 0 Å². The first-order chi connectivity index (χ1) is 25.3. The van der Waals surface area contributed by atoms with E-state index in [1.54, 1.807) is 0 Å². The molecule has 1 aromatic heterocycles. The molecule has 2 N–H and O–H groups in total. The average Bonchev–Trinajstić information content (AvgIpc) is 3.59. The lowest BCUT2D eigenvalue weighted by molar-refractivity contribution is 0.410. The van der Waals surface area contributed by atoms with Crippen LogP contribution in [0.25, 0.3) is 65.7 Å². The molecule has 4 nitrogen and oxygen atoms in total. The Morgan fingerprint density at radius 3 is 1.84 bits per heavy atom. The molecule has 4 heteroatoms. The number of furan rings is 1. The van der Waals surface area contributed by atoms with E-state index in [0.717, 1.165) is 50.0 Å². The van der Waals surface area contributed by atoms with Gasteiger partial charge in [-0.3, -0.25) is 5.32 Å². The van der Waals surface area contributed by atoms with Gasteiger partial charge in [-0.1, -0.05) is 158 Å². The van der Waals surface area contributed by atoms with Crippen molar-refractivity contribution in [1.82, 2.24) is 10.6 Å². The number of hydrogen-bond donors (Lipinski definition) is 2. The number of nitrogens with one attached hydrogen (secondary N) is 2. The third-order valence-electron chi connectivity index (χ3n) is 10.2. The molecular weight excluding hydrogens is 623 g/mol. The minimum Gasteiger partial charge on any atom is -0.456 e. The van der Waals surface area contributed by atoms with E-state index in [1.807, 2.05) is 6.07 Å². The maximum atomic E-state index is 6.57. The summed E-state index contributed by atoms with van der Waals surface area (Å²) in [6.45, 7) is 0. The van der Waals surface area contributed by atoms with E-state index >= 15 is 0 Å². The van der Waals surface area contributed by atoms with Crippen LogP contribution in [-0.4, -0.2) is 5.84 Å². The Labute approximate surface area is 295 Å². The van der Waals surface area contributed by atoms with Crippen molar-refractivity contribution >= 4 is 49.3 Å². The topological polar surface area (TPSA) is 49.6 Å². The van der Waals surface area contributed by atoms with E-state index in [0.29, 0.717) is 0 Å². The minimum absolute atomic E-state index is 0.171. The summed E-state index contributed by atoms with van der Waals surface area (Å²) >= 11 is 0. The van der Waals surface area contributed by atoms with E-state index in [9.17, 15) is 0 Å². The van der Waals surface area contributed by atoms with Gasteiger partial charge in [-0.25, -0.2) is 4.99 Å². The number of fused-ring (bicyclic) bond motifs is 5. The van der Waals surface area contributed by atoms with Crippen LogP contribution in [0.1, 0.15) is 29.0 Å². The highest BCUT2D eigenvalue weighted by Crippen LogP contribution is 2.39. The van der Waals surface area contributed by atoms with Gasteiger partial charge in [-0.05, 0) is 67.6 Å². The Kier molecular flexibility index (Phi) is 7.00. The Bertz CT molecular complexity index is 2750. The maximum absolute atomic E-state index is 6.57. The van der Waals surface area contributed by atoms with Gasteiger partial charge >= 0.3 is 0 Å². The molecule has 2 atom stereocenters. The van der Waals surface area contributed by atoms with Crippen LogP contribution in [0.3, 0.4) is 0 Å². The van der Waals surface area contributed by atoms with Crippen molar-refractivity contribution in [1.29, 1.82) is 0 Å². The first-order valence-electron chi connectivity index (χ1n) is 17.4. The molecule has 2 unspecified atom stereocenters. The van der Waals surface area contributed by atoms with Crippen LogP contribution >= 0.6 is 0 Å². The second-order valence-electron chi connectivity index (χ2n) is 13.2. The maximum Gasteiger partial charge on any atom is 0.136 e. The van der Waals surface area contributed by atoms with E-state index in [-0.39, 0.29) is 12.3 Å². The molecule has 0 aliphatic carbocycles. The summed E-state index contributed by atoms with van der Waals surface area (Å²) in [5.41, 5.74) is 9.74. The quantitative estimate of drug-likeness (QED) is 0.194. The molecule has 0 amide bonds. The van der Waals surface area contributed by atoms with Gasteiger partial charge in [0.25, 0.3) is 0 Å². The van der Waals surface area contributed by atoms with Crippen molar-refractivity contribution in [3.63, 3.8) is 0 Å². The second kappa shape index (κ2) is 12.1. The molecule has 0 fully saturated rings. The lowest BCUT2D eigenvalue weighted by atomic mass is 9.96. The van der Waals surface area contributed by atoms with Gasteiger partial charge in [0.2, 0.25) is 0 Å². The molecule has 0 radical (unpaired) electrons. The van der Waals surface area contributed by atoms with Crippen molar-refractivity contribution in [2.75, 3.05) is 0 Å². The van der Waals surface area contributed by atoms with Gasteiger partial charge in [-0.15, -0.1) is 0 Å². The fourth-order valence-corrected chi connectivity index (χ4v) is 7.69. The fraction of sp³-hybridized carbons (Fsp3) is 0.0426. The summed E-state index contributed by atoms with van der Waals surface area (Å²) < 4.78 is 6.57. The summed E-state index contributed by atoms with van der Waals surface area (Å²) in [5.74, 6) is 0.852. The largest absolute Gasteiger partial charge is 0.456 e. The highest BCUT2D eigenvalue weighted by atomic mass is 16.3. The summed E-state index contributed by atoms with van der Waals surface area (Å²) in [5, 5.41) is 14.7. The molecule has 10 rings (SSSR count). The first kappa shape index (κ1) is 29.4. The van der Waals surface area contributed by atoms with Gasteiger partial charge in [0, 0.05) is 21.9 Å². The molecule has 0 spiro atoms. The zero-order valence-corrected chi connectivity index (χ0v) is 27.8. The van der Waals surface area contributed by atoms with Crippen LogP contribution < -0.4 is 10.6 Å². The number of benzene rings is 8. The van der Waals surface area contributed by atoms with Crippen molar-refractivity contribution in [2.24, 2.45) is 4.99 Å². The highest BCUT2D eigenvalue weighted by Gasteiger charge is 2.28. The highest BCUT2D eigenvalue weighted by molar-refractivity contribution is 6.09. The van der Waals surface area contributed by atoms with Crippen molar-refractivity contribution in [3.8, 4) is 22.3 Å². The standard InChI is InChI=1S/C47H33N3O/c1-2-13-33(14-3-1)45-48-46(34-25-23-32(24-26-34)38-19-8-15-30-11-4-6-17-36(30)38)50-47(49-45)41-21-10-22-42-44(41)40-28-27-35(29-43(40)51-42)39-20-9-16-31-12-5-7-18-37(31)39/h1-29,46-47,50H,(H,48,49). The third kappa shape index (κ3) is 5.16. The fourth-order valence-electron chi connectivity index (χ4n) is 7.69. The third-order valence-corrected chi connectivity index (χ3v) is 10.2. The smallest absolute Gasteiger partial charge is 0.136 e. The second-order valence-corrected chi connectivity index (χ2v) is 13.2. The van der Waals surface area contributed by atoms with Crippen LogP contribution in [0, 0.1) is 0 Å². The molecule has 9 aromatic rings. The molecule has 2 heterocycles. The normalized spacial score (nSPS) is 16.0. The molecule has 0 saturated carbocycles. The zero-order valence-electron chi connectivity index (χ0n) is 27.8. The molecule has 51 heavy (non-hydrogen) atoms.